The molecule has 0 radical (unpaired) electrons. The van der Waals surface area contributed by atoms with Crippen molar-refractivity contribution in [3.05, 3.63) is 17.5 Å². The van der Waals surface area contributed by atoms with Crippen LogP contribution in [0, 0.1) is 5.92 Å². The summed E-state index contributed by atoms with van der Waals surface area (Å²) >= 11 is 0. The average Bonchev–Trinajstić information content (AvgIpc) is 3.05. The second-order valence-corrected chi connectivity index (χ2v) is 4.66. The van der Waals surface area contributed by atoms with Gasteiger partial charge in [0.05, 0.1) is 12.2 Å². The molecule has 0 saturated heterocycles. The standard InChI is InChI=1S/C12H19F2N3/c1-3-15-6-10-7-16-17(11(10)12(13)14)8(2)9-4-5-9/h7-9,12,15H,3-6H2,1-2H3. The fourth-order valence-corrected chi connectivity index (χ4v) is 2.15. The Morgan fingerprint density at radius 1 is 1.53 bits per heavy atom. The lowest BCUT2D eigenvalue weighted by Gasteiger charge is -2.15. The summed E-state index contributed by atoms with van der Waals surface area (Å²) in [7, 11) is 0. The number of aromatic nitrogens is 2. The second-order valence-electron chi connectivity index (χ2n) is 4.66. The second kappa shape index (κ2) is 5.12. The number of rotatable bonds is 6. The van der Waals surface area contributed by atoms with Crippen LogP contribution in [0.5, 0.6) is 0 Å². The molecule has 0 spiro atoms. The van der Waals surface area contributed by atoms with Crippen molar-refractivity contribution in [3.63, 3.8) is 0 Å². The highest BCUT2D eigenvalue weighted by Crippen LogP contribution is 2.41. The number of nitrogens with zero attached hydrogens (tertiary/aromatic N) is 2. The van der Waals surface area contributed by atoms with Gasteiger partial charge in [-0.2, -0.15) is 5.10 Å². The van der Waals surface area contributed by atoms with Gasteiger partial charge >= 0.3 is 0 Å². The molecule has 96 valence electrons. The number of nitrogens with one attached hydrogen (secondary N) is 1. The highest BCUT2D eigenvalue weighted by molar-refractivity contribution is 5.20. The van der Waals surface area contributed by atoms with E-state index >= 15 is 0 Å². The molecule has 1 unspecified atom stereocenters. The zero-order valence-electron chi connectivity index (χ0n) is 10.3. The third kappa shape index (κ3) is 2.65. The fraction of sp³-hybridized carbons (Fsp3) is 0.750. The molecule has 1 aromatic heterocycles. The van der Waals surface area contributed by atoms with Crippen molar-refractivity contribution in [1.29, 1.82) is 0 Å². The molecular weight excluding hydrogens is 224 g/mol. The molecule has 1 aliphatic carbocycles. The van der Waals surface area contributed by atoms with Crippen LogP contribution in [0.4, 0.5) is 8.78 Å². The van der Waals surface area contributed by atoms with Gasteiger partial charge in [0.25, 0.3) is 6.43 Å². The molecule has 1 atom stereocenters. The Morgan fingerprint density at radius 3 is 2.76 bits per heavy atom. The molecule has 3 nitrogen and oxygen atoms in total. The third-order valence-electron chi connectivity index (χ3n) is 3.38. The monoisotopic (exact) mass is 243 g/mol. The molecule has 0 aromatic carbocycles. The molecule has 0 aliphatic heterocycles. The Balaban J connectivity index is 2.22. The van der Waals surface area contributed by atoms with Gasteiger partial charge in [0.1, 0.15) is 5.69 Å². The van der Waals surface area contributed by atoms with Crippen LogP contribution in [0.25, 0.3) is 0 Å². The third-order valence-corrected chi connectivity index (χ3v) is 3.38. The predicted octanol–water partition coefficient (Wildman–Crippen LogP) is 2.90. The predicted molar refractivity (Wildman–Crippen MR) is 62.0 cm³/mol. The minimum absolute atomic E-state index is 0.0883. The summed E-state index contributed by atoms with van der Waals surface area (Å²) in [5.41, 5.74) is 0.708. The van der Waals surface area contributed by atoms with E-state index in [9.17, 15) is 8.78 Å². The summed E-state index contributed by atoms with van der Waals surface area (Å²) in [6, 6.07) is 0.0920. The van der Waals surface area contributed by atoms with Crippen LogP contribution in [0.1, 0.15) is 50.4 Å². The van der Waals surface area contributed by atoms with Gasteiger partial charge in [-0.1, -0.05) is 6.92 Å². The van der Waals surface area contributed by atoms with E-state index in [1.165, 1.54) is 4.68 Å². The first-order valence-electron chi connectivity index (χ1n) is 6.20. The van der Waals surface area contributed by atoms with E-state index in [2.05, 4.69) is 10.4 Å². The van der Waals surface area contributed by atoms with Crippen molar-refractivity contribution in [3.8, 4) is 0 Å². The molecule has 2 rings (SSSR count). The molecule has 1 fully saturated rings. The van der Waals surface area contributed by atoms with Gasteiger partial charge in [0.2, 0.25) is 0 Å². The lowest BCUT2D eigenvalue weighted by molar-refractivity contribution is 0.134. The van der Waals surface area contributed by atoms with E-state index in [4.69, 9.17) is 0 Å². The van der Waals surface area contributed by atoms with Crippen LogP contribution in [0.2, 0.25) is 0 Å². The van der Waals surface area contributed by atoms with Gasteiger partial charge in [-0.25, -0.2) is 8.78 Å². The number of hydrogen-bond acceptors (Lipinski definition) is 2. The molecular formula is C12H19F2N3. The van der Waals surface area contributed by atoms with Gasteiger partial charge in [0, 0.05) is 12.1 Å². The van der Waals surface area contributed by atoms with Crippen molar-refractivity contribution in [2.45, 2.75) is 45.7 Å². The average molecular weight is 243 g/mol. The van der Waals surface area contributed by atoms with Gasteiger partial charge in [-0.15, -0.1) is 0 Å². The van der Waals surface area contributed by atoms with Crippen LogP contribution in [-0.2, 0) is 6.54 Å². The Hall–Kier alpha value is -0.970. The maximum atomic E-state index is 13.1. The maximum Gasteiger partial charge on any atom is 0.280 e. The van der Waals surface area contributed by atoms with E-state index in [1.54, 1.807) is 6.20 Å². The smallest absolute Gasteiger partial charge is 0.280 e. The van der Waals surface area contributed by atoms with E-state index in [-0.39, 0.29) is 11.7 Å². The molecule has 17 heavy (non-hydrogen) atoms. The van der Waals surface area contributed by atoms with E-state index in [1.807, 2.05) is 13.8 Å². The molecule has 1 aliphatic rings. The van der Waals surface area contributed by atoms with Crippen molar-refractivity contribution < 1.29 is 8.78 Å². The van der Waals surface area contributed by atoms with E-state index in [0.717, 1.165) is 19.4 Å². The zero-order valence-corrected chi connectivity index (χ0v) is 10.3. The van der Waals surface area contributed by atoms with Crippen LogP contribution < -0.4 is 5.32 Å². The van der Waals surface area contributed by atoms with E-state index < -0.39 is 6.43 Å². The van der Waals surface area contributed by atoms with Crippen molar-refractivity contribution in [1.82, 2.24) is 15.1 Å². The fourth-order valence-electron chi connectivity index (χ4n) is 2.15. The van der Waals surface area contributed by atoms with Crippen molar-refractivity contribution in [2.24, 2.45) is 5.92 Å². The highest BCUT2D eigenvalue weighted by Gasteiger charge is 2.33. The Labute approximate surface area is 100 Å². The largest absolute Gasteiger partial charge is 0.313 e. The van der Waals surface area contributed by atoms with Crippen molar-refractivity contribution in [2.75, 3.05) is 6.54 Å². The Morgan fingerprint density at radius 2 is 2.24 bits per heavy atom. The van der Waals surface area contributed by atoms with Gasteiger partial charge in [-0.3, -0.25) is 4.68 Å². The van der Waals surface area contributed by atoms with Crippen LogP contribution in [0.3, 0.4) is 0 Å². The first kappa shape index (κ1) is 12.5. The molecule has 1 aromatic rings. The lowest BCUT2D eigenvalue weighted by Crippen LogP contribution is -2.16. The molecule has 5 heteroatoms. The topological polar surface area (TPSA) is 29.9 Å². The molecule has 1 heterocycles. The summed E-state index contributed by atoms with van der Waals surface area (Å²) in [6.07, 6.45) is 1.38. The van der Waals surface area contributed by atoms with Gasteiger partial charge < -0.3 is 5.32 Å². The van der Waals surface area contributed by atoms with Crippen LogP contribution in [0.15, 0.2) is 6.20 Å². The summed E-state index contributed by atoms with van der Waals surface area (Å²) in [5, 5.41) is 7.22. The Bertz CT molecular complexity index is 372. The number of halogens is 2. The first-order valence-corrected chi connectivity index (χ1v) is 6.20. The molecule has 1 N–H and O–H groups in total. The van der Waals surface area contributed by atoms with Gasteiger partial charge in [0.15, 0.2) is 0 Å². The minimum Gasteiger partial charge on any atom is -0.313 e. The Kier molecular flexibility index (Phi) is 3.76. The van der Waals surface area contributed by atoms with Crippen LogP contribution in [-0.4, -0.2) is 16.3 Å². The summed E-state index contributed by atoms with van der Waals surface area (Å²) in [5.74, 6) is 0.527. The summed E-state index contributed by atoms with van der Waals surface area (Å²) < 4.78 is 27.7. The van der Waals surface area contributed by atoms with Crippen LogP contribution >= 0.6 is 0 Å². The number of alkyl halides is 2. The lowest BCUT2D eigenvalue weighted by atomic mass is 10.2. The maximum absolute atomic E-state index is 13.1. The normalized spacial score (nSPS) is 17.7. The molecule has 0 bridgehead atoms. The highest BCUT2D eigenvalue weighted by atomic mass is 19.3. The SMILES string of the molecule is CCNCc1cnn(C(C)C2CC2)c1C(F)F. The molecule has 1 saturated carbocycles. The zero-order chi connectivity index (χ0) is 12.4. The van der Waals surface area contributed by atoms with E-state index in [0.29, 0.717) is 18.0 Å². The van der Waals surface area contributed by atoms with Crippen molar-refractivity contribution >= 4 is 0 Å². The quantitative estimate of drug-likeness (QED) is 0.832. The number of hydrogen-bond donors (Lipinski definition) is 1. The minimum atomic E-state index is -2.45. The van der Waals surface area contributed by atoms with Gasteiger partial charge in [-0.05, 0) is 32.2 Å². The summed E-state index contributed by atoms with van der Waals surface area (Å²) in [6.45, 7) is 5.17. The molecule has 0 amide bonds. The summed E-state index contributed by atoms with van der Waals surface area (Å²) in [4.78, 5) is 0. The first-order chi connectivity index (χ1) is 8.15.